The number of benzene rings is 2. The minimum atomic E-state index is 0.635. The smallest absolute Gasteiger partial charge is 0.130 e. The standard InChI is InChI=1S/C16H19NO/c1-2-13-7-3-5-9-15(13)18-16-10-6-4-8-14(16)11-12-17/h3-10H,2,11-12,17H2,1H3. The van der Waals surface area contributed by atoms with Gasteiger partial charge in [-0.1, -0.05) is 43.3 Å². The molecule has 2 heteroatoms. The lowest BCUT2D eigenvalue weighted by Crippen LogP contribution is -2.04. The summed E-state index contributed by atoms with van der Waals surface area (Å²) in [6, 6.07) is 16.2. The lowest BCUT2D eigenvalue weighted by atomic mass is 10.1. The molecule has 18 heavy (non-hydrogen) atoms. The summed E-state index contributed by atoms with van der Waals surface area (Å²) in [7, 11) is 0. The van der Waals surface area contributed by atoms with E-state index in [1.807, 2.05) is 36.4 Å². The molecule has 0 amide bonds. The van der Waals surface area contributed by atoms with Crippen molar-refractivity contribution in [1.82, 2.24) is 0 Å². The molecule has 94 valence electrons. The van der Waals surface area contributed by atoms with Gasteiger partial charge >= 0.3 is 0 Å². The van der Waals surface area contributed by atoms with Crippen LogP contribution >= 0.6 is 0 Å². The third-order valence-electron chi connectivity index (χ3n) is 2.96. The van der Waals surface area contributed by atoms with Gasteiger partial charge in [-0.25, -0.2) is 0 Å². The van der Waals surface area contributed by atoms with E-state index in [-0.39, 0.29) is 0 Å². The Morgan fingerprint density at radius 1 is 0.889 bits per heavy atom. The largest absolute Gasteiger partial charge is 0.457 e. The summed E-state index contributed by atoms with van der Waals surface area (Å²) in [6.07, 6.45) is 1.81. The second-order valence-electron chi connectivity index (χ2n) is 4.21. The molecule has 0 saturated heterocycles. The molecule has 0 aliphatic rings. The number of para-hydroxylation sites is 2. The Kier molecular flexibility index (Phi) is 4.37. The SMILES string of the molecule is CCc1ccccc1Oc1ccccc1CCN. The van der Waals surface area contributed by atoms with Crippen molar-refractivity contribution in [2.45, 2.75) is 19.8 Å². The third kappa shape index (κ3) is 2.90. The molecule has 2 N–H and O–H groups in total. The summed E-state index contributed by atoms with van der Waals surface area (Å²) in [6.45, 7) is 2.77. The van der Waals surface area contributed by atoms with Crippen molar-refractivity contribution in [3.05, 3.63) is 59.7 Å². The molecule has 0 unspecified atom stereocenters. The van der Waals surface area contributed by atoms with Crippen LogP contribution in [0.2, 0.25) is 0 Å². The van der Waals surface area contributed by atoms with Gasteiger partial charge in [-0.05, 0) is 42.6 Å². The number of hydrogen-bond acceptors (Lipinski definition) is 2. The normalized spacial score (nSPS) is 10.3. The number of ether oxygens (including phenoxy) is 1. The monoisotopic (exact) mass is 241 g/mol. The minimum Gasteiger partial charge on any atom is -0.457 e. The highest BCUT2D eigenvalue weighted by Crippen LogP contribution is 2.28. The van der Waals surface area contributed by atoms with Crippen LogP contribution < -0.4 is 10.5 Å². The molecular formula is C16H19NO. The van der Waals surface area contributed by atoms with Crippen LogP contribution in [0.3, 0.4) is 0 Å². The van der Waals surface area contributed by atoms with Crippen LogP contribution in [0.5, 0.6) is 11.5 Å². The van der Waals surface area contributed by atoms with Gasteiger partial charge in [-0.3, -0.25) is 0 Å². The van der Waals surface area contributed by atoms with Gasteiger partial charge in [0, 0.05) is 0 Å². The van der Waals surface area contributed by atoms with Crippen LogP contribution in [0.4, 0.5) is 0 Å². The summed E-state index contributed by atoms with van der Waals surface area (Å²) in [5.74, 6) is 1.84. The predicted octanol–water partition coefficient (Wildman–Crippen LogP) is 3.54. The first-order chi connectivity index (χ1) is 8.85. The van der Waals surface area contributed by atoms with Gasteiger partial charge < -0.3 is 10.5 Å². The van der Waals surface area contributed by atoms with E-state index < -0.39 is 0 Å². The average molecular weight is 241 g/mol. The first-order valence-corrected chi connectivity index (χ1v) is 6.39. The Labute approximate surface area is 108 Å². The van der Waals surface area contributed by atoms with Gasteiger partial charge in [0.2, 0.25) is 0 Å². The maximum Gasteiger partial charge on any atom is 0.130 e. The van der Waals surface area contributed by atoms with E-state index in [0.29, 0.717) is 6.54 Å². The molecule has 2 aromatic carbocycles. The van der Waals surface area contributed by atoms with Gasteiger partial charge in [0.1, 0.15) is 11.5 Å². The fourth-order valence-electron chi connectivity index (χ4n) is 1.98. The van der Waals surface area contributed by atoms with E-state index in [1.54, 1.807) is 0 Å². The zero-order chi connectivity index (χ0) is 12.8. The molecule has 0 radical (unpaired) electrons. The Bertz CT molecular complexity index is 508. The first-order valence-electron chi connectivity index (χ1n) is 6.39. The van der Waals surface area contributed by atoms with E-state index in [1.165, 1.54) is 5.56 Å². The topological polar surface area (TPSA) is 35.2 Å². The summed E-state index contributed by atoms with van der Waals surface area (Å²) in [5, 5.41) is 0. The van der Waals surface area contributed by atoms with E-state index in [0.717, 1.165) is 29.9 Å². The van der Waals surface area contributed by atoms with Crippen molar-refractivity contribution in [2.75, 3.05) is 6.54 Å². The number of hydrogen-bond donors (Lipinski definition) is 1. The Balaban J connectivity index is 2.28. The molecule has 0 bridgehead atoms. The predicted molar refractivity (Wildman–Crippen MR) is 75.1 cm³/mol. The molecule has 0 fully saturated rings. The molecule has 0 atom stereocenters. The van der Waals surface area contributed by atoms with Crippen LogP contribution in [0, 0.1) is 0 Å². The minimum absolute atomic E-state index is 0.635. The third-order valence-corrected chi connectivity index (χ3v) is 2.96. The molecule has 0 spiro atoms. The highest BCUT2D eigenvalue weighted by Gasteiger charge is 2.06. The Morgan fingerprint density at radius 3 is 2.06 bits per heavy atom. The van der Waals surface area contributed by atoms with E-state index in [2.05, 4.69) is 19.1 Å². The van der Waals surface area contributed by atoms with Gasteiger partial charge in [0.25, 0.3) is 0 Å². The quantitative estimate of drug-likeness (QED) is 0.869. The van der Waals surface area contributed by atoms with Crippen molar-refractivity contribution in [3.8, 4) is 11.5 Å². The molecule has 0 heterocycles. The lowest BCUT2D eigenvalue weighted by Gasteiger charge is -2.13. The summed E-state index contributed by atoms with van der Waals surface area (Å²) in [5.41, 5.74) is 8.00. The molecule has 0 aliphatic heterocycles. The number of aryl methyl sites for hydroxylation is 1. The zero-order valence-electron chi connectivity index (χ0n) is 10.7. The van der Waals surface area contributed by atoms with Crippen molar-refractivity contribution < 1.29 is 4.74 Å². The lowest BCUT2D eigenvalue weighted by molar-refractivity contribution is 0.470. The molecule has 0 aromatic heterocycles. The summed E-state index contributed by atoms with van der Waals surface area (Å²) >= 11 is 0. The van der Waals surface area contributed by atoms with Crippen molar-refractivity contribution in [1.29, 1.82) is 0 Å². The highest BCUT2D eigenvalue weighted by molar-refractivity contribution is 5.41. The van der Waals surface area contributed by atoms with Crippen LogP contribution in [-0.4, -0.2) is 6.54 Å². The molecule has 0 aliphatic carbocycles. The van der Waals surface area contributed by atoms with Gasteiger partial charge in [0.05, 0.1) is 0 Å². The molecule has 0 saturated carbocycles. The van der Waals surface area contributed by atoms with E-state index >= 15 is 0 Å². The maximum absolute atomic E-state index is 6.03. The zero-order valence-corrected chi connectivity index (χ0v) is 10.7. The van der Waals surface area contributed by atoms with Crippen LogP contribution in [-0.2, 0) is 12.8 Å². The maximum atomic E-state index is 6.03. The molecular weight excluding hydrogens is 222 g/mol. The summed E-state index contributed by atoms with van der Waals surface area (Å²) < 4.78 is 6.03. The van der Waals surface area contributed by atoms with Crippen molar-refractivity contribution in [2.24, 2.45) is 5.73 Å². The number of nitrogens with two attached hydrogens (primary N) is 1. The van der Waals surface area contributed by atoms with Gasteiger partial charge in [-0.15, -0.1) is 0 Å². The Morgan fingerprint density at radius 2 is 1.44 bits per heavy atom. The van der Waals surface area contributed by atoms with Crippen molar-refractivity contribution >= 4 is 0 Å². The summed E-state index contributed by atoms with van der Waals surface area (Å²) in [4.78, 5) is 0. The fourth-order valence-corrected chi connectivity index (χ4v) is 1.98. The highest BCUT2D eigenvalue weighted by atomic mass is 16.5. The number of rotatable bonds is 5. The van der Waals surface area contributed by atoms with Crippen LogP contribution in [0.25, 0.3) is 0 Å². The Hall–Kier alpha value is -1.80. The van der Waals surface area contributed by atoms with E-state index in [9.17, 15) is 0 Å². The van der Waals surface area contributed by atoms with Gasteiger partial charge in [0.15, 0.2) is 0 Å². The fraction of sp³-hybridized carbons (Fsp3) is 0.250. The van der Waals surface area contributed by atoms with Crippen LogP contribution in [0.1, 0.15) is 18.1 Å². The van der Waals surface area contributed by atoms with E-state index in [4.69, 9.17) is 10.5 Å². The first kappa shape index (κ1) is 12.7. The second-order valence-corrected chi connectivity index (χ2v) is 4.21. The molecule has 2 aromatic rings. The average Bonchev–Trinajstić information content (AvgIpc) is 2.42. The van der Waals surface area contributed by atoms with Crippen molar-refractivity contribution in [3.63, 3.8) is 0 Å². The molecule has 2 rings (SSSR count). The molecule has 2 nitrogen and oxygen atoms in total. The van der Waals surface area contributed by atoms with Gasteiger partial charge in [-0.2, -0.15) is 0 Å². The van der Waals surface area contributed by atoms with Crippen LogP contribution in [0.15, 0.2) is 48.5 Å². The second kappa shape index (κ2) is 6.22.